The summed E-state index contributed by atoms with van der Waals surface area (Å²) >= 11 is 0. The third-order valence-corrected chi connectivity index (χ3v) is 4.82. The lowest BCUT2D eigenvalue weighted by atomic mass is 10.1. The molecular formula is C23H21N3O3. The lowest BCUT2D eigenvalue weighted by Crippen LogP contribution is -2.45. The van der Waals surface area contributed by atoms with E-state index in [2.05, 4.69) is 10.6 Å². The van der Waals surface area contributed by atoms with Crippen molar-refractivity contribution in [3.8, 4) is 0 Å². The molecule has 4 amide bonds. The summed E-state index contributed by atoms with van der Waals surface area (Å²) in [6.07, 6.45) is 0. The first kappa shape index (κ1) is 18.7. The second-order valence-corrected chi connectivity index (χ2v) is 8.02. The topological polar surface area (TPSA) is 78.5 Å². The molecule has 0 radical (unpaired) electrons. The highest BCUT2D eigenvalue weighted by Gasteiger charge is 2.41. The summed E-state index contributed by atoms with van der Waals surface area (Å²) in [5.74, 6) is -0.666. The van der Waals surface area contributed by atoms with Crippen LogP contribution in [0.2, 0.25) is 0 Å². The van der Waals surface area contributed by atoms with E-state index < -0.39 is 11.6 Å². The van der Waals surface area contributed by atoms with Crippen molar-refractivity contribution < 1.29 is 14.4 Å². The molecule has 0 bridgehead atoms. The van der Waals surface area contributed by atoms with Crippen LogP contribution in [-0.2, 0) is 0 Å². The first-order chi connectivity index (χ1) is 13.7. The number of rotatable bonds is 2. The van der Waals surface area contributed by atoms with Crippen LogP contribution in [0.4, 0.5) is 16.2 Å². The molecule has 6 heteroatoms. The molecule has 0 spiro atoms. The molecule has 0 aliphatic carbocycles. The molecule has 0 aromatic heterocycles. The number of hydrogen-bond acceptors (Lipinski definition) is 3. The smallest absolute Gasteiger partial charge is 0.308 e. The van der Waals surface area contributed by atoms with E-state index in [9.17, 15) is 14.4 Å². The summed E-state index contributed by atoms with van der Waals surface area (Å²) in [5.41, 5.74) is 1.14. The zero-order valence-corrected chi connectivity index (χ0v) is 16.4. The SMILES string of the molecule is CC(C)(C)N1C(=O)c2ccc(NC(=O)Nc3ccc4ccccc4c3)cc2C1=O. The van der Waals surface area contributed by atoms with Crippen LogP contribution < -0.4 is 10.6 Å². The van der Waals surface area contributed by atoms with Gasteiger partial charge in [-0.25, -0.2) is 4.79 Å². The van der Waals surface area contributed by atoms with E-state index in [-0.39, 0.29) is 11.8 Å². The number of amides is 4. The minimum Gasteiger partial charge on any atom is -0.308 e. The molecule has 3 aromatic carbocycles. The van der Waals surface area contributed by atoms with Gasteiger partial charge in [0, 0.05) is 16.9 Å². The molecule has 4 rings (SSSR count). The van der Waals surface area contributed by atoms with Crippen LogP contribution in [0.5, 0.6) is 0 Å². The van der Waals surface area contributed by atoms with Crippen LogP contribution in [0.1, 0.15) is 41.5 Å². The average molecular weight is 387 g/mol. The molecule has 0 atom stereocenters. The fraction of sp³-hybridized carbons (Fsp3) is 0.174. The molecule has 2 N–H and O–H groups in total. The zero-order valence-electron chi connectivity index (χ0n) is 16.4. The predicted octanol–water partition coefficient (Wildman–Crippen LogP) is 4.88. The van der Waals surface area contributed by atoms with Crippen molar-refractivity contribution in [2.24, 2.45) is 0 Å². The average Bonchev–Trinajstić information content (AvgIpc) is 2.91. The first-order valence-electron chi connectivity index (χ1n) is 9.34. The maximum absolute atomic E-state index is 12.7. The molecule has 0 unspecified atom stereocenters. The zero-order chi connectivity index (χ0) is 20.8. The molecule has 0 fully saturated rings. The van der Waals surface area contributed by atoms with Crippen molar-refractivity contribution in [1.29, 1.82) is 0 Å². The number of urea groups is 1. The van der Waals surface area contributed by atoms with Gasteiger partial charge in [0.05, 0.1) is 11.1 Å². The van der Waals surface area contributed by atoms with Crippen molar-refractivity contribution in [3.63, 3.8) is 0 Å². The highest BCUT2D eigenvalue weighted by molar-refractivity contribution is 6.22. The molecule has 146 valence electrons. The van der Waals surface area contributed by atoms with Gasteiger partial charge in [-0.3, -0.25) is 14.5 Å². The predicted molar refractivity (Wildman–Crippen MR) is 113 cm³/mol. The number of carbonyl (C=O) groups is 3. The minimum atomic E-state index is -0.617. The maximum atomic E-state index is 12.7. The van der Waals surface area contributed by atoms with E-state index in [1.807, 2.05) is 63.2 Å². The van der Waals surface area contributed by atoms with Crippen LogP contribution in [0, 0.1) is 0 Å². The third-order valence-electron chi connectivity index (χ3n) is 4.82. The summed E-state index contributed by atoms with van der Waals surface area (Å²) in [7, 11) is 0. The van der Waals surface area contributed by atoms with Gasteiger partial charge in [0.25, 0.3) is 11.8 Å². The number of nitrogens with one attached hydrogen (secondary N) is 2. The summed E-state index contributed by atoms with van der Waals surface area (Å²) in [5, 5.41) is 7.63. The number of imide groups is 1. The second kappa shape index (κ2) is 6.74. The summed E-state index contributed by atoms with van der Waals surface area (Å²) in [4.78, 5) is 38.9. The van der Waals surface area contributed by atoms with Crippen molar-refractivity contribution in [3.05, 3.63) is 71.8 Å². The normalized spacial score (nSPS) is 13.6. The standard InChI is InChI=1S/C23H21N3O3/c1-23(2,3)26-20(27)18-11-10-17(13-19(18)21(26)28)25-22(29)24-16-9-8-14-6-4-5-7-15(14)12-16/h4-13H,1-3H3,(H2,24,25,29). The van der Waals surface area contributed by atoms with Gasteiger partial charge in [0.2, 0.25) is 0 Å². The molecule has 0 saturated heterocycles. The molecule has 1 aliphatic rings. The lowest BCUT2D eigenvalue weighted by molar-refractivity contribution is 0.0507. The van der Waals surface area contributed by atoms with Gasteiger partial charge in [-0.15, -0.1) is 0 Å². The minimum absolute atomic E-state index is 0.299. The number of hydrogen-bond donors (Lipinski definition) is 2. The van der Waals surface area contributed by atoms with E-state index in [0.29, 0.717) is 22.5 Å². The van der Waals surface area contributed by atoms with Crippen molar-refractivity contribution >= 4 is 40.0 Å². The first-order valence-corrected chi connectivity index (χ1v) is 9.34. The Morgan fingerprint density at radius 3 is 2.03 bits per heavy atom. The lowest BCUT2D eigenvalue weighted by Gasteiger charge is -2.29. The summed E-state index contributed by atoms with van der Waals surface area (Å²) < 4.78 is 0. The third kappa shape index (κ3) is 3.45. The highest BCUT2D eigenvalue weighted by Crippen LogP contribution is 2.31. The number of fused-ring (bicyclic) bond motifs is 2. The number of benzene rings is 3. The molecule has 0 saturated carbocycles. The fourth-order valence-corrected chi connectivity index (χ4v) is 3.49. The van der Waals surface area contributed by atoms with Gasteiger partial charge >= 0.3 is 6.03 Å². The van der Waals surface area contributed by atoms with Gasteiger partial charge in [-0.2, -0.15) is 0 Å². The number of carbonyl (C=O) groups excluding carboxylic acids is 3. The summed E-state index contributed by atoms with van der Waals surface area (Å²) in [6, 6.07) is 17.8. The van der Waals surface area contributed by atoms with Crippen LogP contribution >= 0.6 is 0 Å². The highest BCUT2D eigenvalue weighted by atomic mass is 16.2. The van der Waals surface area contributed by atoms with Gasteiger partial charge in [-0.1, -0.05) is 30.3 Å². The van der Waals surface area contributed by atoms with Crippen LogP contribution in [0.3, 0.4) is 0 Å². The van der Waals surface area contributed by atoms with Crippen LogP contribution in [0.25, 0.3) is 10.8 Å². The van der Waals surface area contributed by atoms with Crippen molar-refractivity contribution in [1.82, 2.24) is 4.90 Å². The Kier molecular flexibility index (Phi) is 4.34. The van der Waals surface area contributed by atoms with Crippen molar-refractivity contribution in [2.45, 2.75) is 26.3 Å². The largest absolute Gasteiger partial charge is 0.323 e. The van der Waals surface area contributed by atoms with Crippen molar-refractivity contribution in [2.75, 3.05) is 10.6 Å². The van der Waals surface area contributed by atoms with E-state index in [1.165, 1.54) is 4.90 Å². The molecule has 6 nitrogen and oxygen atoms in total. The van der Waals surface area contributed by atoms with Gasteiger partial charge in [0.15, 0.2) is 0 Å². The number of anilines is 2. The quantitative estimate of drug-likeness (QED) is 0.615. The van der Waals surface area contributed by atoms with Gasteiger partial charge < -0.3 is 10.6 Å². The van der Waals surface area contributed by atoms with E-state index in [1.54, 1.807) is 18.2 Å². The molecule has 1 heterocycles. The second-order valence-electron chi connectivity index (χ2n) is 8.02. The van der Waals surface area contributed by atoms with Gasteiger partial charge in [-0.05, 0) is 61.9 Å². The van der Waals surface area contributed by atoms with E-state index in [4.69, 9.17) is 0 Å². The Labute approximate surface area is 168 Å². The molecule has 29 heavy (non-hydrogen) atoms. The maximum Gasteiger partial charge on any atom is 0.323 e. The number of nitrogens with zero attached hydrogens (tertiary/aromatic N) is 1. The van der Waals surface area contributed by atoms with E-state index in [0.717, 1.165) is 10.8 Å². The molecular weight excluding hydrogens is 366 g/mol. The summed E-state index contributed by atoms with van der Waals surface area (Å²) in [6.45, 7) is 5.43. The van der Waals surface area contributed by atoms with Gasteiger partial charge in [0.1, 0.15) is 0 Å². The van der Waals surface area contributed by atoms with E-state index >= 15 is 0 Å². The molecule has 1 aliphatic heterocycles. The van der Waals surface area contributed by atoms with Crippen LogP contribution in [0.15, 0.2) is 60.7 Å². The Balaban J connectivity index is 1.52. The Hall–Kier alpha value is -3.67. The Bertz CT molecular complexity index is 1160. The Morgan fingerprint density at radius 2 is 1.34 bits per heavy atom. The monoisotopic (exact) mass is 387 g/mol. The fourth-order valence-electron chi connectivity index (χ4n) is 3.49. The Morgan fingerprint density at radius 1 is 0.759 bits per heavy atom. The van der Waals surface area contributed by atoms with Crippen LogP contribution in [-0.4, -0.2) is 28.3 Å². The molecule has 3 aromatic rings.